The molecule has 0 spiro atoms. The molecule has 1 atom stereocenters. The Kier molecular flexibility index (Phi) is 3.37. The first kappa shape index (κ1) is 13.6. The zero-order chi connectivity index (χ0) is 15.0. The van der Waals surface area contributed by atoms with Gasteiger partial charge in [-0.15, -0.1) is 0 Å². The van der Waals surface area contributed by atoms with Crippen LogP contribution in [0.3, 0.4) is 0 Å². The number of aryl methyl sites for hydroxylation is 1. The quantitative estimate of drug-likeness (QED) is 0.907. The zero-order valence-corrected chi connectivity index (χ0v) is 12.6. The minimum atomic E-state index is 0.110. The number of aromatic hydroxyl groups is 1. The van der Waals surface area contributed by atoms with E-state index in [0.29, 0.717) is 6.61 Å². The first-order chi connectivity index (χ1) is 10.0. The summed E-state index contributed by atoms with van der Waals surface area (Å²) in [5, 5.41) is 13.0. The normalized spacial score (nSPS) is 16.2. The molecule has 0 aromatic heterocycles. The van der Waals surface area contributed by atoms with Crippen LogP contribution in [-0.2, 0) is 0 Å². The van der Waals surface area contributed by atoms with Gasteiger partial charge in [-0.1, -0.05) is 6.07 Å². The van der Waals surface area contributed by atoms with E-state index in [1.807, 2.05) is 20.2 Å². The van der Waals surface area contributed by atoms with E-state index in [1.54, 1.807) is 12.1 Å². The maximum atomic E-state index is 9.49. The number of hydrogen-bond donors (Lipinski definition) is 2. The Labute approximate surface area is 125 Å². The molecule has 4 heteroatoms. The Morgan fingerprint density at radius 2 is 2.00 bits per heavy atom. The van der Waals surface area contributed by atoms with Crippen LogP contribution in [0.25, 0.3) is 0 Å². The molecule has 1 aliphatic rings. The van der Waals surface area contributed by atoms with Crippen molar-refractivity contribution in [2.45, 2.75) is 13.0 Å². The van der Waals surface area contributed by atoms with Gasteiger partial charge in [0.15, 0.2) is 0 Å². The third-order valence-electron chi connectivity index (χ3n) is 3.81. The van der Waals surface area contributed by atoms with Gasteiger partial charge in [0.2, 0.25) is 0 Å². The van der Waals surface area contributed by atoms with Crippen molar-refractivity contribution in [3.8, 4) is 11.5 Å². The summed E-state index contributed by atoms with van der Waals surface area (Å²) in [6, 6.07) is 11.7. The number of anilines is 2. The summed E-state index contributed by atoms with van der Waals surface area (Å²) >= 11 is 0. The van der Waals surface area contributed by atoms with Gasteiger partial charge in [0.1, 0.15) is 18.1 Å². The van der Waals surface area contributed by atoms with Crippen LogP contribution in [-0.4, -0.2) is 25.8 Å². The fourth-order valence-electron chi connectivity index (χ4n) is 2.70. The number of benzene rings is 2. The Bertz CT molecular complexity index is 668. The number of rotatable bonds is 3. The highest BCUT2D eigenvalue weighted by atomic mass is 16.5. The highest BCUT2D eigenvalue weighted by Crippen LogP contribution is 2.37. The molecule has 1 heterocycles. The molecule has 2 N–H and O–H groups in total. The molecule has 0 bridgehead atoms. The number of nitrogens with zero attached hydrogens (tertiary/aromatic N) is 1. The first-order valence-corrected chi connectivity index (χ1v) is 7.05. The van der Waals surface area contributed by atoms with E-state index >= 15 is 0 Å². The molecule has 2 aromatic carbocycles. The third kappa shape index (κ3) is 2.61. The molecular formula is C17H20N2O2. The van der Waals surface area contributed by atoms with E-state index in [0.717, 1.165) is 17.0 Å². The average molecular weight is 284 g/mol. The van der Waals surface area contributed by atoms with Crippen LogP contribution in [0.15, 0.2) is 36.4 Å². The standard InChI is InChI=1S/C17H20N2O2/c1-11-4-5-12(8-16(11)19(2)3)18-15-10-21-17-9-13(20)6-7-14(15)17/h4-9,15,18,20H,10H2,1-3H3. The predicted octanol–water partition coefficient (Wildman–Crippen LogP) is 3.31. The first-order valence-electron chi connectivity index (χ1n) is 7.05. The second-order valence-electron chi connectivity index (χ2n) is 5.63. The molecule has 2 aromatic rings. The van der Waals surface area contributed by atoms with Crippen LogP contribution in [0, 0.1) is 6.92 Å². The molecule has 3 rings (SSSR count). The minimum absolute atomic E-state index is 0.110. The molecule has 0 saturated heterocycles. The predicted molar refractivity (Wildman–Crippen MR) is 85.5 cm³/mol. The molecule has 1 aliphatic heterocycles. The Balaban J connectivity index is 1.85. The smallest absolute Gasteiger partial charge is 0.128 e. The van der Waals surface area contributed by atoms with Crippen molar-refractivity contribution in [3.05, 3.63) is 47.5 Å². The lowest BCUT2D eigenvalue weighted by molar-refractivity contribution is 0.338. The van der Waals surface area contributed by atoms with Crippen molar-refractivity contribution in [1.82, 2.24) is 0 Å². The lowest BCUT2D eigenvalue weighted by atomic mass is 10.1. The highest BCUT2D eigenvalue weighted by Gasteiger charge is 2.24. The summed E-state index contributed by atoms with van der Waals surface area (Å²) in [5.74, 6) is 0.993. The molecule has 1 unspecified atom stereocenters. The van der Waals surface area contributed by atoms with Crippen molar-refractivity contribution in [3.63, 3.8) is 0 Å². The summed E-state index contributed by atoms with van der Waals surface area (Å²) in [6.45, 7) is 2.68. The van der Waals surface area contributed by atoms with Gasteiger partial charge >= 0.3 is 0 Å². The van der Waals surface area contributed by atoms with Gasteiger partial charge in [0, 0.05) is 37.1 Å². The second kappa shape index (κ2) is 5.20. The van der Waals surface area contributed by atoms with Gasteiger partial charge in [0.25, 0.3) is 0 Å². The Hall–Kier alpha value is -2.36. The van der Waals surface area contributed by atoms with Gasteiger partial charge in [-0.3, -0.25) is 0 Å². The van der Waals surface area contributed by atoms with Crippen LogP contribution in [0.4, 0.5) is 11.4 Å². The fourth-order valence-corrected chi connectivity index (χ4v) is 2.70. The molecule has 110 valence electrons. The van der Waals surface area contributed by atoms with Gasteiger partial charge < -0.3 is 20.1 Å². The largest absolute Gasteiger partial charge is 0.508 e. The van der Waals surface area contributed by atoms with Gasteiger partial charge in [-0.05, 0) is 36.8 Å². The molecular weight excluding hydrogens is 264 g/mol. The summed E-state index contributed by atoms with van der Waals surface area (Å²) in [6.07, 6.45) is 0. The number of hydrogen-bond acceptors (Lipinski definition) is 4. The number of fused-ring (bicyclic) bond motifs is 1. The molecule has 0 amide bonds. The monoisotopic (exact) mass is 284 g/mol. The maximum absolute atomic E-state index is 9.49. The van der Waals surface area contributed by atoms with Crippen molar-refractivity contribution in [1.29, 1.82) is 0 Å². The fraction of sp³-hybridized carbons (Fsp3) is 0.294. The van der Waals surface area contributed by atoms with E-state index < -0.39 is 0 Å². The topological polar surface area (TPSA) is 44.7 Å². The van der Waals surface area contributed by atoms with Crippen LogP contribution < -0.4 is 15.0 Å². The molecule has 0 saturated carbocycles. The van der Waals surface area contributed by atoms with Crippen molar-refractivity contribution >= 4 is 11.4 Å². The van der Waals surface area contributed by atoms with E-state index in [4.69, 9.17) is 4.74 Å². The number of phenolic OH excluding ortho intramolecular Hbond substituents is 1. The van der Waals surface area contributed by atoms with Gasteiger partial charge in [-0.2, -0.15) is 0 Å². The SMILES string of the molecule is Cc1ccc(NC2COc3cc(O)ccc32)cc1N(C)C. The van der Waals surface area contributed by atoms with E-state index in [-0.39, 0.29) is 11.8 Å². The lowest BCUT2D eigenvalue weighted by Gasteiger charge is -2.19. The van der Waals surface area contributed by atoms with E-state index in [2.05, 4.69) is 35.3 Å². The van der Waals surface area contributed by atoms with Crippen molar-refractivity contribution < 1.29 is 9.84 Å². The Morgan fingerprint density at radius 1 is 1.19 bits per heavy atom. The summed E-state index contributed by atoms with van der Waals surface area (Å²) < 4.78 is 5.63. The second-order valence-corrected chi connectivity index (χ2v) is 5.63. The van der Waals surface area contributed by atoms with Crippen LogP contribution in [0.1, 0.15) is 17.2 Å². The third-order valence-corrected chi connectivity index (χ3v) is 3.81. The minimum Gasteiger partial charge on any atom is -0.508 e. The van der Waals surface area contributed by atoms with E-state index in [9.17, 15) is 5.11 Å². The molecule has 0 fully saturated rings. The van der Waals surface area contributed by atoms with Crippen LogP contribution in [0.2, 0.25) is 0 Å². The lowest BCUT2D eigenvalue weighted by Crippen LogP contribution is -2.14. The summed E-state index contributed by atoms with van der Waals surface area (Å²) in [7, 11) is 4.09. The summed E-state index contributed by atoms with van der Waals surface area (Å²) in [4.78, 5) is 2.11. The van der Waals surface area contributed by atoms with E-state index in [1.165, 1.54) is 11.3 Å². The zero-order valence-electron chi connectivity index (χ0n) is 12.6. The van der Waals surface area contributed by atoms with Crippen LogP contribution >= 0.6 is 0 Å². The molecule has 0 radical (unpaired) electrons. The van der Waals surface area contributed by atoms with Crippen molar-refractivity contribution in [2.24, 2.45) is 0 Å². The number of nitrogens with one attached hydrogen (secondary N) is 1. The molecule has 21 heavy (non-hydrogen) atoms. The Morgan fingerprint density at radius 3 is 2.76 bits per heavy atom. The van der Waals surface area contributed by atoms with Gasteiger partial charge in [-0.25, -0.2) is 0 Å². The maximum Gasteiger partial charge on any atom is 0.128 e. The summed E-state index contributed by atoms with van der Waals surface area (Å²) in [5.41, 5.74) is 4.60. The molecule has 0 aliphatic carbocycles. The van der Waals surface area contributed by atoms with Crippen molar-refractivity contribution in [2.75, 3.05) is 30.9 Å². The van der Waals surface area contributed by atoms with Crippen LogP contribution in [0.5, 0.6) is 11.5 Å². The molecule has 4 nitrogen and oxygen atoms in total. The average Bonchev–Trinajstić information content (AvgIpc) is 2.83. The van der Waals surface area contributed by atoms with Gasteiger partial charge in [0.05, 0.1) is 6.04 Å². The highest BCUT2D eigenvalue weighted by molar-refractivity contribution is 5.63. The number of phenols is 1. The number of ether oxygens (including phenoxy) is 1.